The molecule has 0 rings (SSSR count). The van der Waals surface area contributed by atoms with Gasteiger partial charge in [-0.05, 0) is 19.4 Å². The molecule has 0 aromatic heterocycles. The molecule has 0 aliphatic rings. The fourth-order valence-electron chi connectivity index (χ4n) is 2.60. The molecule has 29 heavy (non-hydrogen) atoms. The first-order chi connectivity index (χ1) is 13.6. The minimum absolute atomic E-state index is 0.0561. The predicted molar refractivity (Wildman–Crippen MR) is 95.3 cm³/mol. The molecule has 0 saturated carbocycles. The van der Waals surface area contributed by atoms with Gasteiger partial charge in [-0.15, -0.1) is 0 Å². The second-order valence-corrected chi connectivity index (χ2v) is 6.11. The zero-order valence-electron chi connectivity index (χ0n) is 15.7. The summed E-state index contributed by atoms with van der Waals surface area (Å²) in [6, 6.07) is -1.09. The molecule has 0 spiro atoms. The summed E-state index contributed by atoms with van der Waals surface area (Å²) in [7, 11) is 0. The van der Waals surface area contributed by atoms with Gasteiger partial charge < -0.3 is 30.5 Å². The van der Waals surface area contributed by atoms with E-state index in [1.165, 1.54) is 4.90 Å². The molecule has 0 fully saturated rings. The first-order valence-corrected chi connectivity index (χ1v) is 8.61. The monoisotopic (exact) mass is 419 g/mol. The molecule has 0 aliphatic carbocycles. The van der Waals surface area contributed by atoms with Crippen molar-refractivity contribution in [2.45, 2.75) is 25.3 Å². The van der Waals surface area contributed by atoms with Crippen LogP contribution in [-0.4, -0.2) is 112 Å². The van der Waals surface area contributed by atoms with E-state index in [9.17, 15) is 28.8 Å². The van der Waals surface area contributed by atoms with E-state index in [0.29, 0.717) is 12.7 Å². The van der Waals surface area contributed by atoms with E-state index in [1.807, 2.05) is 0 Å². The van der Waals surface area contributed by atoms with Gasteiger partial charge in [-0.25, -0.2) is 0 Å². The Morgan fingerprint density at radius 3 is 1.83 bits per heavy atom. The molecular formula is C16H25N3O10. The molecule has 164 valence electrons. The number of aldehydes is 1. The lowest BCUT2D eigenvalue weighted by Crippen LogP contribution is -2.50. The molecule has 0 bridgehead atoms. The highest BCUT2D eigenvalue weighted by molar-refractivity contribution is 5.86. The largest absolute Gasteiger partial charge is 0.480 e. The van der Waals surface area contributed by atoms with E-state index in [-0.39, 0.29) is 25.9 Å². The van der Waals surface area contributed by atoms with Crippen molar-refractivity contribution in [2.24, 2.45) is 0 Å². The highest BCUT2D eigenvalue weighted by Gasteiger charge is 2.27. The first-order valence-electron chi connectivity index (χ1n) is 8.61. The van der Waals surface area contributed by atoms with Crippen molar-refractivity contribution in [2.75, 3.05) is 39.3 Å². The number of rotatable bonds is 17. The van der Waals surface area contributed by atoms with Crippen LogP contribution in [0.25, 0.3) is 0 Å². The van der Waals surface area contributed by atoms with Crippen LogP contribution in [-0.2, 0) is 28.8 Å². The zero-order valence-corrected chi connectivity index (χ0v) is 15.7. The molecule has 0 unspecified atom stereocenters. The second-order valence-electron chi connectivity index (χ2n) is 6.11. The van der Waals surface area contributed by atoms with Crippen molar-refractivity contribution in [3.63, 3.8) is 0 Å². The Morgan fingerprint density at radius 1 is 0.828 bits per heavy atom. The van der Waals surface area contributed by atoms with E-state index < -0.39 is 62.0 Å². The Labute approximate surface area is 165 Å². The van der Waals surface area contributed by atoms with E-state index in [2.05, 4.69) is 5.32 Å². The quantitative estimate of drug-likeness (QED) is 0.126. The van der Waals surface area contributed by atoms with Gasteiger partial charge in [-0.1, -0.05) is 6.42 Å². The van der Waals surface area contributed by atoms with E-state index in [1.54, 1.807) is 0 Å². The van der Waals surface area contributed by atoms with Gasteiger partial charge >= 0.3 is 23.9 Å². The van der Waals surface area contributed by atoms with Crippen molar-refractivity contribution in [3.05, 3.63) is 0 Å². The molecule has 1 atom stereocenters. The summed E-state index contributed by atoms with van der Waals surface area (Å²) in [5.74, 6) is -5.73. The van der Waals surface area contributed by atoms with Crippen molar-refractivity contribution in [3.8, 4) is 0 Å². The minimum atomic E-state index is -1.30. The van der Waals surface area contributed by atoms with Gasteiger partial charge in [0.25, 0.3) is 0 Å². The Bertz CT molecular complexity index is 594. The van der Waals surface area contributed by atoms with Crippen molar-refractivity contribution in [1.82, 2.24) is 15.1 Å². The van der Waals surface area contributed by atoms with Gasteiger partial charge in [0, 0.05) is 0 Å². The lowest BCUT2D eigenvalue weighted by Gasteiger charge is -2.28. The van der Waals surface area contributed by atoms with Gasteiger partial charge in [-0.2, -0.15) is 0 Å². The first kappa shape index (κ1) is 25.9. The molecular weight excluding hydrogens is 394 g/mol. The number of hydrogen-bond donors (Lipinski definition) is 5. The van der Waals surface area contributed by atoms with E-state index in [0.717, 1.165) is 4.90 Å². The van der Waals surface area contributed by atoms with Crippen LogP contribution in [0.1, 0.15) is 19.3 Å². The summed E-state index contributed by atoms with van der Waals surface area (Å²) in [4.78, 5) is 68.6. The summed E-state index contributed by atoms with van der Waals surface area (Å²) < 4.78 is 0. The molecule has 0 heterocycles. The van der Waals surface area contributed by atoms with Crippen LogP contribution < -0.4 is 5.32 Å². The van der Waals surface area contributed by atoms with Crippen LogP contribution in [0.5, 0.6) is 0 Å². The number of nitrogens with zero attached hydrogens (tertiary/aromatic N) is 2. The van der Waals surface area contributed by atoms with Crippen molar-refractivity contribution >= 4 is 36.1 Å². The van der Waals surface area contributed by atoms with Crippen molar-refractivity contribution < 1.29 is 49.2 Å². The molecule has 5 N–H and O–H groups in total. The number of carboxylic acid groups (broad SMARTS) is 4. The van der Waals surface area contributed by atoms with Crippen LogP contribution in [0.3, 0.4) is 0 Å². The van der Waals surface area contributed by atoms with Gasteiger partial charge in [0.05, 0.1) is 32.2 Å². The SMILES string of the molecule is O=CCN(CC(=O)O)[C@@H](CCCCN(CC(=O)O)CC(=O)O)C(=O)NCC(=O)O. The Hall–Kier alpha value is -3.06. The molecule has 13 heteroatoms. The number of carbonyl (C=O) groups excluding carboxylic acids is 2. The summed E-state index contributed by atoms with van der Waals surface area (Å²) in [6.07, 6.45) is 1.05. The van der Waals surface area contributed by atoms with Crippen LogP contribution >= 0.6 is 0 Å². The number of hydrogen-bond acceptors (Lipinski definition) is 8. The van der Waals surface area contributed by atoms with E-state index >= 15 is 0 Å². The van der Waals surface area contributed by atoms with Crippen LogP contribution in [0.4, 0.5) is 0 Å². The number of aliphatic carboxylic acids is 4. The number of carboxylic acids is 4. The maximum Gasteiger partial charge on any atom is 0.322 e. The lowest BCUT2D eigenvalue weighted by molar-refractivity contribution is -0.143. The fraction of sp³-hybridized carbons (Fsp3) is 0.625. The molecule has 13 nitrogen and oxygen atoms in total. The molecule has 0 saturated heterocycles. The maximum atomic E-state index is 12.3. The summed E-state index contributed by atoms with van der Waals surface area (Å²) in [5.41, 5.74) is 0. The Morgan fingerprint density at radius 2 is 1.38 bits per heavy atom. The van der Waals surface area contributed by atoms with Gasteiger partial charge in [0.15, 0.2) is 0 Å². The molecule has 0 aromatic rings. The molecule has 1 amide bonds. The third kappa shape index (κ3) is 12.9. The fourth-order valence-corrected chi connectivity index (χ4v) is 2.60. The van der Waals surface area contributed by atoms with Crippen LogP contribution in [0.2, 0.25) is 0 Å². The third-order valence-corrected chi connectivity index (χ3v) is 3.72. The minimum Gasteiger partial charge on any atom is -0.480 e. The Balaban J connectivity index is 4.99. The number of unbranched alkanes of at least 4 members (excludes halogenated alkanes) is 1. The highest BCUT2D eigenvalue weighted by atomic mass is 16.4. The van der Waals surface area contributed by atoms with Crippen molar-refractivity contribution in [1.29, 1.82) is 0 Å². The standard InChI is InChI=1S/C16H25N3O10/c20-6-5-19(10-15(27)28)11(16(29)17-7-12(21)22)3-1-2-4-18(8-13(23)24)9-14(25)26/h6,11H,1-5,7-10H2,(H,17,29)(H,21,22)(H,23,24)(H,25,26)(H,27,28)/t11-/m0/s1. The maximum absolute atomic E-state index is 12.3. The third-order valence-electron chi connectivity index (χ3n) is 3.72. The van der Waals surface area contributed by atoms with E-state index in [4.69, 9.17) is 20.4 Å². The number of amides is 1. The molecule has 0 aromatic carbocycles. The van der Waals surface area contributed by atoms with Gasteiger partial charge in [-0.3, -0.25) is 33.8 Å². The second kappa shape index (κ2) is 14.0. The summed E-state index contributed by atoms with van der Waals surface area (Å²) in [5, 5.41) is 37.4. The molecule has 0 aliphatic heterocycles. The van der Waals surface area contributed by atoms with Gasteiger partial charge in [0.2, 0.25) is 5.91 Å². The zero-order chi connectivity index (χ0) is 22.4. The average molecular weight is 419 g/mol. The topological polar surface area (TPSA) is 202 Å². The lowest BCUT2D eigenvalue weighted by atomic mass is 10.1. The molecule has 0 radical (unpaired) electrons. The number of nitrogens with one attached hydrogen (secondary N) is 1. The smallest absolute Gasteiger partial charge is 0.322 e. The number of carbonyl (C=O) groups is 6. The van der Waals surface area contributed by atoms with Gasteiger partial charge in [0.1, 0.15) is 12.8 Å². The summed E-state index contributed by atoms with van der Waals surface area (Å²) >= 11 is 0. The Kier molecular flexibility index (Phi) is 12.5. The summed E-state index contributed by atoms with van der Waals surface area (Å²) in [6.45, 7) is -2.51. The highest BCUT2D eigenvalue weighted by Crippen LogP contribution is 2.10. The normalized spacial score (nSPS) is 11.8. The van der Waals surface area contributed by atoms with Crippen LogP contribution in [0.15, 0.2) is 0 Å². The van der Waals surface area contributed by atoms with Crippen LogP contribution in [0, 0.1) is 0 Å². The average Bonchev–Trinajstić information content (AvgIpc) is 2.57. The predicted octanol–water partition coefficient (Wildman–Crippen LogP) is -2.22.